The summed E-state index contributed by atoms with van der Waals surface area (Å²) >= 11 is 1.09. The first kappa shape index (κ1) is 22.7. The number of thioether (sulfide) groups is 1. The summed E-state index contributed by atoms with van der Waals surface area (Å²) in [4.78, 5) is 33.6. The molecule has 9 heteroatoms. The first-order valence-corrected chi connectivity index (χ1v) is 11.5. The first-order valence-electron chi connectivity index (χ1n) is 10.6. The maximum atomic E-state index is 13.7. The molecule has 0 saturated carbocycles. The largest absolute Gasteiger partial charge is 0.493 e. The van der Waals surface area contributed by atoms with Crippen LogP contribution >= 0.6 is 11.8 Å². The third-order valence-electron chi connectivity index (χ3n) is 5.46. The number of ether oxygens (including phenoxy) is 2. The number of carbonyl (C=O) groups is 1. The molecule has 4 rings (SSSR count). The van der Waals surface area contributed by atoms with E-state index in [9.17, 15) is 14.7 Å². The molecule has 0 saturated heterocycles. The zero-order chi connectivity index (χ0) is 23.5. The number of aromatic amines is 1. The fourth-order valence-electron chi connectivity index (χ4n) is 3.76. The second-order valence-electron chi connectivity index (χ2n) is 7.56. The summed E-state index contributed by atoms with van der Waals surface area (Å²) in [5.74, 6) is 0.0467. The Morgan fingerprint density at radius 3 is 2.64 bits per heavy atom. The van der Waals surface area contributed by atoms with Crippen molar-refractivity contribution >= 4 is 39.7 Å². The van der Waals surface area contributed by atoms with Gasteiger partial charge in [0, 0.05) is 17.0 Å². The number of carboxylic acids is 1. The minimum absolute atomic E-state index is 0.313. The Morgan fingerprint density at radius 2 is 1.94 bits per heavy atom. The molecular weight excluding hydrogens is 442 g/mol. The van der Waals surface area contributed by atoms with Crippen LogP contribution < -0.4 is 15.0 Å². The van der Waals surface area contributed by atoms with Crippen molar-refractivity contribution in [3.63, 3.8) is 0 Å². The third-order valence-corrected chi connectivity index (χ3v) is 6.67. The molecule has 0 amide bonds. The number of nitrogens with zero attached hydrogens (tertiary/aromatic N) is 2. The number of para-hydroxylation sites is 1. The van der Waals surface area contributed by atoms with Crippen molar-refractivity contribution in [2.75, 3.05) is 14.2 Å². The van der Waals surface area contributed by atoms with Crippen LogP contribution in [0.15, 0.2) is 52.4 Å². The molecule has 4 aromatic rings. The van der Waals surface area contributed by atoms with E-state index in [2.05, 4.69) is 4.98 Å². The first-order chi connectivity index (χ1) is 16.0. The molecule has 1 atom stereocenters. The molecule has 0 fully saturated rings. The number of carboxylic acid groups (broad SMARTS) is 1. The smallest absolute Gasteiger partial charge is 0.317 e. The molecule has 0 spiro atoms. The van der Waals surface area contributed by atoms with Crippen LogP contribution in [0.25, 0.3) is 27.6 Å². The molecule has 0 aliphatic rings. The van der Waals surface area contributed by atoms with E-state index in [0.717, 1.165) is 35.5 Å². The van der Waals surface area contributed by atoms with Crippen LogP contribution in [0.5, 0.6) is 11.5 Å². The number of aromatic nitrogens is 3. The van der Waals surface area contributed by atoms with Crippen molar-refractivity contribution in [3.8, 4) is 17.2 Å². The van der Waals surface area contributed by atoms with Crippen LogP contribution in [0.1, 0.15) is 26.2 Å². The lowest BCUT2D eigenvalue weighted by Crippen LogP contribution is -2.24. The number of hydrogen-bond donors (Lipinski definition) is 2. The van der Waals surface area contributed by atoms with E-state index >= 15 is 0 Å². The molecule has 0 aliphatic carbocycles. The zero-order valence-corrected chi connectivity index (χ0v) is 19.4. The second kappa shape index (κ2) is 9.58. The highest BCUT2D eigenvalue weighted by Gasteiger charge is 2.24. The highest BCUT2D eigenvalue weighted by atomic mass is 32.2. The summed E-state index contributed by atoms with van der Waals surface area (Å²) in [7, 11) is 3.05. The van der Waals surface area contributed by atoms with Gasteiger partial charge >= 0.3 is 5.97 Å². The molecule has 2 aromatic heterocycles. The Morgan fingerprint density at radius 1 is 1.18 bits per heavy atom. The van der Waals surface area contributed by atoms with E-state index in [-0.39, 0.29) is 5.56 Å². The number of rotatable bonds is 9. The highest BCUT2D eigenvalue weighted by molar-refractivity contribution is 8.00. The van der Waals surface area contributed by atoms with Crippen LogP contribution in [-0.2, 0) is 4.79 Å². The third kappa shape index (κ3) is 4.28. The average Bonchev–Trinajstić information content (AvgIpc) is 3.20. The van der Waals surface area contributed by atoms with Gasteiger partial charge in [0.2, 0.25) is 0 Å². The van der Waals surface area contributed by atoms with Gasteiger partial charge in [0.15, 0.2) is 16.7 Å². The predicted octanol–water partition coefficient (Wildman–Crippen LogP) is 4.62. The van der Waals surface area contributed by atoms with Gasteiger partial charge < -0.3 is 19.6 Å². The summed E-state index contributed by atoms with van der Waals surface area (Å²) in [5.41, 5.74) is 1.86. The molecule has 172 valence electrons. The number of methoxy groups -OCH3 is 2. The zero-order valence-electron chi connectivity index (χ0n) is 18.6. The Bertz CT molecular complexity index is 1380. The number of nitrogens with one attached hydrogen (secondary N) is 1. The Labute approximate surface area is 194 Å². The van der Waals surface area contributed by atoms with E-state index in [1.165, 1.54) is 18.8 Å². The van der Waals surface area contributed by atoms with Crippen LogP contribution in [-0.4, -0.2) is 45.1 Å². The number of unbranched alkanes of at least 4 members (excludes halogenated alkanes) is 1. The van der Waals surface area contributed by atoms with Gasteiger partial charge in [-0.25, -0.2) is 4.98 Å². The molecule has 0 aliphatic heterocycles. The topological polar surface area (TPSA) is 106 Å². The van der Waals surface area contributed by atoms with E-state index in [0.29, 0.717) is 39.8 Å². The fourth-order valence-corrected chi connectivity index (χ4v) is 4.84. The van der Waals surface area contributed by atoms with Crippen molar-refractivity contribution in [1.82, 2.24) is 14.5 Å². The van der Waals surface area contributed by atoms with E-state index < -0.39 is 11.2 Å². The SMILES string of the molecule is CCCCC(Sc1nc2c([nH]c3ccccc32)c(=O)n1-c1ccc(OC)c(OC)c1)C(=O)O. The Hall–Kier alpha value is -3.46. The van der Waals surface area contributed by atoms with Gasteiger partial charge in [0.05, 0.1) is 19.9 Å². The molecule has 33 heavy (non-hydrogen) atoms. The molecule has 0 bridgehead atoms. The predicted molar refractivity (Wildman–Crippen MR) is 129 cm³/mol. The summed E-state index contributed by atoms with van der Waals surface area (Å²) < 4.78 is 12.2. The Balaban J connectivity index is 1.98. The molecule has 0 radical (unpaired) electrons. The van der Waals surface area contributed by atoms with Gasteiger partial charge in [-0.05, 0) is 24.6 Å². The minimum Gasteiger partial charge on any atom is -0.493 e. The van der Waals surface area contributed by atoms with Gasteiger partial charge in [-0.3, -0.25) is 14.2 Å². The summed E-state index contributed by atoms with van der Waals surface area (Å²) in [5, 5.41) is 10.2. The molecule has 8 nitrogen and oxygen atoms in total. The highest BCUT2D eigenvalue weighted by Crippen LogP contribution is 2.33. The summed E-state index contributed by atoms with van der Waals surface area (Å²) in [6.45, 7) is 2.01. The quantitative estimate of drug-likeness (QED) is 0.273. The number of hydrogen-bond acceptors (Lipinski definition) is 6. The minimum atomic E-state index is -0.930. The number of fused-ring (bicyclic) bond motifs is 3. The lowest BCUT2D eigenvalue weighted by molar-refractivity contribution is -0.136. The van der Waals surface area contributed by atoms with Crippen molar-refractivity contribution in [1.29, 1.82) is 0 Å². The Kier molecular flexibility index (Phi) is 6.60. The normalized spacial score (nSPS) is 12.2. The summed E-state index contributed by atoms with van der Waals surface area (Å²) in [6, 6.07) is 12.6. The monoisotopic (exact) mass is 467 g/mol. The van der Waals surface area contributed by atoms with Crippen molar-refractivity contribution in [3.05, 3.63) is 52.8 Å². The lowest BCUT2D eigenvalue weighted by Gasteiger charge is -2.17. The van der Waals surface area contributed by atoms with E-state index in [4.69, 9.17) is 14.5 Å². The molecular formula is C24H25N3O5S. The van der Waals surface area contributed by atoms with Gasteiger partial charge in [0.25, 0.3) is 5.56 Å². The average molecular weight is 468 g/mol. The van der Waals surface area contributed by atoms with Crippen LogP contribution in [0.4, 0.5) is 0 Å². The van der Waals surface area contributed by atoms with Crippen molar-refractivity contribution in [2.45, 2.75) is 36.6 Å². The molecule has 2 N–H and O–H groups in total. The second-order valence-corrected chi connectivity index (χ2v) is 8.73. The van der Waals surface area contributed by atoms with E-state index in [1.54, 1.807) is 18.2 Å². The van der Waals surface area contributed by atoms with Gasteiger partial charge in [0.1, 0.15) is 16.3 Å². The maximum absolute atomic E-state index is 13.7. The van der Waals surface area contributed by atoms with Gasteiger partial charge in [-0.1, -0.05) is 49.7 Å². The van der Waals surface area contributed by atoms with E-state index in [1.807, 2.05) is 31.2 Å². The fraction of sp³-hybridized carbons (Fsp3) is 0.292. The molecule has 2 aromatic carbocycles. The van der Waals surface area contributed by atoms with Crippen LogP contribution in [0, 0.1) is 0 Å². The standard InChI is InChI=1S/C24H25N3O5S/c1-4-5-10-19(23(29)30)33-24-26-20-15-8-6-7-9-16(15)25-21(20)22(28)27(24)14-11-12-17(31-2)18(13-14)32-3/h6-9,11-13,19,25H,4-5,10H2,1-3H3,(H,29,30). The summed E-state index contributed by atoms with van der Waals surface area (Å²) in [6.07, 6.45) is 2.12. The molecule has 1 unspecified atom stereocenters. The van der Waals surface area contributed by atoms with Crippen molar-refractivity contribution < 1.29 is 19.4 Å². The maximum Gasteiger partial charge on any atom is 0.317 e. The van der Waals surface area contributed by atoms with Crippen LogP contribution in [0.3, 0.4) is 0 Å². The number of benzene rings is 2. The lowest BCUT2D eigenvalue weighted by atomic mass is 10.2. The van der Waals surface area contributed by atoms with Crippen LogP contribution in [0.2, 0.25) is 0 Å². The molecule has 2 heterocycles. The number of H-pyrrole nitrogens is 1. The van der Waals surface area contributed by atoms with Gasteiger partial charge in [-0.15, -0.1) is 0 Å². The van der Waals surface area contributed by atoms with Crippen molar-refractivity contribution in [2.24, 2.45) is 0 Å². The number of aliphatic carboxylic acids is 1. The van der Waals surface area contributed by atoms with Gasteiger partial charge in [-0.2, -0.15) is 0 Å².